The average molecular weight is 773 g/mol. The van der Waals surface area contributed by atoms with Crippen LogP contribution in [0.25, 0.3) is 28.4 Å². The van der Waals surface area contributed by atoms with Gasteiger partial charge in [-0.1, -0.05) is 105 Å². The Morgan fingerprint density at radius 1 is 1.00 bits per heavy atom. The summed E-state index contributed by atoms with van der Waals surface area (Å²) in [4.78, 5) is 37.1. The largest absolute Gasteiger partial charge is 2.00 e. The van der Waals surface area contributed by atoms with Crippen LogP contribution < -0.4 is 20.7 Å². The molecule has 1 unspecified atom stereocenters. The van der Waals surface area contributed by atoms with Gasteiger partial charge in [-0.05, 0) is 95.1 Å². The summed E-state index contributed by atoms with van der Waals surface area (Å²) in [5, 5.41) is 23.8. The number of hydrogen-bond donors (Lipinski definition) is 1. The van der Waals surface area contributed by atoms with Crippen LogP contribution in [0.4, 0.5) is 0 Å². The summed E-state index contributed by atoms with van der Waals surface area (Å²) < 4.78 is 11.0. The van der Waals surface area contributed by atoms with Crippen LogP contribution in [0.15, 0.2) is 40.4 Å². The fourth-order valence-electron chi connectivity index (χ4n) is 9.15. The Labute approximate surface area is 349 Å². The van der Waals surface area contributed by atoms with Gasteiger partial charge in [0.1, 0.15) is 12.5 Å². The number of allylic oxidation sites excluding steroid dienone is 4. The van der Waals surface area contributed by atoms with Crippen LogP contribution in [0, 0.1) is 43.4 Å². The van der Waals surface area contributed by atoms with E-state index in [1.165, 1.54) is 31.1 Å². The van der Waals surface area contributed by atoms with Crippen LogP contribution in [-0.2, 0) is 25.5 Å². The number of aliphatic hydroxyl groups is 1. The second kappa shape index (κ2) is 18.4. The number of fused-ring (bicyclic) bond motifs is 8. The molecule has 8 bridgehead atoms. The van der Waals surface area contributed by atoms with Gasteiger partial charge in [0.05, 0.1) is 13.2 Å². The van der Waals surface area contributed by atoms with Crippen LogP contribution in [-0.4, -0.2) is 59.9 Å². The first-order valence-electron chi connectivity index (χ1n) is 20.5. The van der Waals surface area contributed by atoms with Crippen molar-refractivity contribution in [3.05, 3.63) is 95.4 Å². The van der Waals surface area contributed by atoms with Crippen LogP contribution in [0.1, 0.15) is 133 Å². The summed E-state index contributed by atoms with van der Waals surface area (Å²) >= 11 is 0. The summed E-state index contributed by atoms with van der Waals surface area (Å²) in [6.07, 6.45) is 14.0. The number of aromatic nitrogens is 2. The van der Waals surface area contributed by atoms with Crippen molar-refractivity contribution >= 4 is 52.7 Å². The van der Waals surface area contributed by atoms with Crippen molar-refractivity contribution in [1.29, 1.82) is 0 Å². The Kier molecular flexibility index (Phi) is 14.3. The van der Waals surface area contributed by atoms with Crippen molar-refractivity contribution in [3.63, 3.8) is 0 Å². The zero-order valence-corrected chi connectivity index (χ0v) is 36.7. The molecule has 2 aromatic heterocycles. The Morgan fingerprint density at radius 2 is 1.75 bits per heavy atom. The molecule has 9 nitrogen and oxygen atoms in total. The zero-order chi connectivity index (χ0) is 39.7. The monoisotopic (exact) mass is 772 g/mol. The van der Waals surface area contributed by atoms with Gasteiger partial charge in [0, 0.05) is 6.42 Å². The SMILES string of the molecule is CCc1c2[n-]c(c1C)/C=C1\[N-]C(=C(C)[C@H]1CC)/C=C1\[N-]C(C3=c4[n-]/c(c(C)c4[C@H](O)[C@@H]3C(=O)OC)=C\2)[C@@H](CCC(=O)OC/C=C(/C)CCC[C@@H](C)CC)[C@@H]1C.[Mg+2]. The maximum absolute atomic E-state index is 13.6. The fraction of sp³-hybridized carbons (Fsp3) is 0.565. The Hall–Kier alpha value is -3.47. The third-order valence-corrected chi connectivity index (χ3v) is 12.9. The van der Waals surface area contributed by atoms with Gasteiger partial charge in [-0.15, -0.1) is 27.8 Å². The molecule has 1 N–H and O–H groups in total. The molecule has 298 valence electrons. The predicted octanol–water partition coefficient (Wildman–Crippen LogP) is 7.64. The van der Waals surface area contributed by atoms with E-state index in [4.69, 9.17) is 30.1 Å². The topological polar surface area (TPSA) is 129 Å². The molecule has 0 radical (unpaired) electrons. The van der Waals surface area contributed by atoms with E-state index in [0.29, 0.717) is 28.3 Å². The molecule has 1 fully saturated rings. The molecule has 3 aliphatic heterocycles. The number of nitrogens with zero attached hydrogens (tertiary/aromatic N) is 4. The third-order valence-electron chi connectivity index (χ3n) is 12.9. The number of carbonyl (C=O) groups excluding carboxylic acids is 2. The molecule has 0 saturated carbocycles. The molecule has 1 aliphatic carbocycles. The van der Waals surface area contributed by atoms with Crippen molar-refractivity contribution in [2.45, 2.75) is 126 Å². The Balaban J connectivity index is 0.00000600. The van der Waals surface area contributed by atoms with Crippen molar-refractivity contribution in [2.75, 3.05) is 13.7 Å². The molecule has 5 heterocycles. The van der Waals surface area contributed by atoms with E-state index in [1.807, 2.05) is 19.1 Å². The van der Waals surface area contributed by atoms with E-state index in [1.54, 1.807) is 0 Å². The van der Waals surface area contributed by atoms with E-state index >= 15 is 0 Å². The molecule has 7 atom stereocenters. The van der Waals surface area contributed by atoms with E-state index in [9.17, 15) is 14.7 Å². The van der Waals surface area contributed by atoms with Gasteiger partial charge in [0.25, 0.3) is 0 Å². The standard InChI is InChI=1S/C46H60N4O5.Mg/c1-11-24(4)15-14-16-25(5)19-20-55-39(51)18-17-32-28(8)35-21-33-26(6)30(12-2)37(47-33)22-34-27(7)31(13-3)38(48-34)23-36-29(9)40-44(50-36)41(43(32)49-35)42(45(40)52)46(53)54-10;/h19,21-24,28,30,32,42-43,45,52H,11-18,20H2,1-10H3;/q-4;+2/b25-19-,35-21-,36-23-,37-22-;/t24-,28-,30+,32-,42+,43?,45-;/m0./s1. The number of hydrogen-bond acceptors (Lipinski definition) is 5. The normalized spacial score (nSPS) is 26.9. The van der Waals surface area contributed by atoms with E-state index in [2.05, 4.69) is 67.5 Å². The van der Waals surface area contributed by atoms with E-state index < -0.39 is 24.0 Å². The van der Waals surface area contributed by atoms with Gasteiger partial charge in [-0.3, -0.25) is 9.59 Å². The number of carbonyl (C=O) groups is 2. The molecule has 56 heavy (non-hydrogen) atoms. The third kappa shape index (κ3) is 8.39. The van der Waals surface area contributed by atoms with Crippen LogP contribution in [0.2, 0.25) is 0 Å². The second-order valence-electron chi connectivity index (χ2n) is 16.3. The molecular weight excluding hydrogens is 713 g/mol. The first-order chi connectivity index (χ1) is 26.3. The molecule has 0 spiro atoms. The van der Waals surface area contributed by atoms with E-state index in [0.717, 1.165) is 76.8 Å². The number of esters is 2. The molecule has 6 rings (SSSR count). The average Bonchev–Trinajstić information content (AvgIpc) is 3.90. The van der Waals surface area contributed by atoms with Crippen molar-refractivity contribution in [2.24, 2.45) is 29.6 Å². The number of ether oxygens (including phenoxy) is 2. The smallest absolute Gasteiger partial charge is 0.681 e. The van der Waals surface area contributed by atoms with Crippen LogP contribution >= 0.6 is 0 Å². The van der Waals surface area contributed by atoms with Gasteiger partial charge in [0.2, 0.25) is 0 Å². The van der Waals surface area contributed by atoms with E-state index in [-0.39, 0.29) is 59.8 Å². The summed E-state index contributed by atoms with van der Waals surface area (Å²) in [6.45, 7) is 19.5. The molecule has 0 amide bonds. The first kappa shape index (κ1) is 43.6. The Morgan fingerprint density at radius 3 is 2.43 bits per heavy atom. The first-order valence-corrected chi connectivity index (χ1v) is 20.5. The predicted molar refractivity (Wildman–Crippen MR) is 224 cm³/mol. The molecule has 1 saturated heterocycles. The maximum atomic E-state index is 13.6. The van der Waals surface area contributed by atoms with Crippen molar-refractivity contribution < 1.29 is 24.2 Å². The zero-order valence-electron chi connectivity index (χ0n) is 35.3. The van der Waals surface area contributed by atoms with Crippen molar-refractivity contribution in [1.82, 2.24) is 9.97 Å². The minimum atomic E-state index is -1.14. The van der Waals surface area contributed by atoms with Gasteiger partial charge >= 0.3 is 35.0 Å². The summed E-state index contributed by atoms with van der Waals surface area (Å²) in [6, 6.07) is -0.520. The van der Waals surface area contributed by atoms with Gasteiger partial charge < -0.3 is 35.2 Å². The van der Waals surface area contributed by atoms with Gasteiger partial charge in [-0.2, -0.15) is 11.4 Å². The maximum Gasteiger partial charge on any atom is 2.00 e. The van der Waals surface area contributed by atoms with Crippen LogP contribution in [0.5, 0.6) is 0 Å². The molecule has 0 aromatic carbocycles. The number of aliphatic hydroxyl groups excluding tert-OH is 1. The summed E-state index contributed by atoms with van der Waals surface area (Å²) in [5.41, 5.74) is 11.3. The van der Waals surface area contributed by atoms with Gasteiger partial charge in [-0.25, -0.2) is 0 Å². The quantitative estimate of drug-likeness (QED) is 0.126. The second-order valence-corrected chi connectivity index (χ2v) is 16.3. The summed E-state index contributed by atoms with van der Waals surface area (Å²) in [5.74, 6) is -1.12. The molecule has 10 heteroatoms. The van der Waals surface area contributed by atoms with Crippen LogP contribution in [0.3, 0.4) is 0 Å². The Bertz CT molecular complexity index is 2060. The minimum absolute atomic E-state index is 0. The number of rotatable bonds is 13. The molecule has 4 aliphatic rings. The molecule has 2 aromatic rings. The summed E-state index contributed by atoms with van der Waals surface area (Å²) in [7, 11) is 1.35. The molecular formula is C46H60MgN4O5-2. The van der Waals surface area contributed by atoms with Gasteiger partial charge in [0.15, 0.2) is 0 Å². The van der Waals surface area contributed by atoms with Crippen molar-refractivity contribution in [3.8, 4) is 0 Å². The number of methoxy groups -OCH3 is 1. The minimum Gasteiger partial charge on any atom is -0.681 e. The fourth-order valence-corrected chi connectivity index (χ4v) is 9.15.